The molecule has 0 aliphatic carbocycles. The number of methoxy groups -OCH3 is 1. The molecule has 0 amide bonds. The van der Waals surface area contributed by atoms with Crippen molar-refractivity contribution in [3.05, 3.63) is 42.9 Å². The van der Waals surface area contributed by atoms with Gasteiger partial charge < -0.3 is 19.3 Å². The van der Waals surface area contributed by atoms with E-state index in [9.17, 15) is 5.11 Å². The zero-order chi connectivity index (χ0) is 20.1. The van der Waals surface area contributed by atoms with Crippen LogP contribution in [0.2, 0.25) is 0 Å². The van der Waals surface area contributed by atoms with Crippen molar-refractivity contribution in [3.63, 3.8) is 0 Å². The van der Waals surface area contributed by atoms with Crippen molar-refractivity contribution in [1.29, 1.82) is 0 Å². The van der Waals surface area contributed by atoms with Crippen LogP contribution in [-0.4, -0.2) is 63.1 Å². The Morgan fingerprint density at radius 3 is 2.79 bits per heavy atom. The Kier molecular flexibility index (Phi) is 6.27. The molecule has 3 heterocycles. The molecule has 2 N–H and O–H groups in total. The first-order chi connectivity index (χ1) is 14.3. The number of imidazole rings is 1. The molecule has 0 radical (unpaired) electrons. The van der Waals surface area contributed by atoms with Crippen molar-refractivity contribution in [3.8, 4) is 28.4 Å². The lowest BCUT2D eigenvalue weighted by Gasteiger charge is -2.31. The van der Waals surface area contributed by atoms with Gasteiger partial charge in [-0.2, -0.15) is 5.10 Å². The molecule has 1 aliphatic heterocycles. The Hall–Kier alpha value is -2.64. The zero-order valence-corrected chi connectivity index (χ0v) is 16.9. The Labute approximate surface area is 171 Å². The highest BCUT2D eigenvalue weighted by Gasteiger charge is 2.20. The molecule has 0 spiro atoms. The van der Waals surface area contributed by atoms with Gasteiger partial charge in [-0.1, -0.05) is 0 Å². The molecule has 7 nitrogen and oxygen atoms in total. The van der Waals surface area contributed by atoms with E-state index in [1.807, 2.05) is 36.7 Å². The maximum Gasteiger partial charge on any atom is 0.118 e. The molecule has 3 aromatic rings. The van der Waals surface area contributed by atoms with E-state index in [2.05, 4.69) is 19.7 Å². The second-order valence-electron chi connectivity index (χ2n) is 7.68. The van der Waals surface area contributed by atoms with Crippen molar-refractivity contribution >= 4 is 0 Å². The molecular formula is C22H29N5O2. The first-order valence-electron chi connectivity index (χ1n) is 10.3. The van der Waals surface area contributed by atoms with Gasteiger partial charge in [0.25, 0.3) is 0 Å². The van der Waals surface area contributed by atoms with Crippen LogP contribution in [0.5, 0.6) is 5.75 Å². The maximum atomic E-state index is 9.44. The predicted molar refractivity (Wildman–Crippen MR) is 113 cm³/mol. The standard InChI is InChI=1S/C22H29N5O2/c1-29-19-7-5-18(6-8-19)21-22(20-9-10-24-25-20)27(16-23-21)13-3-12-26-11-2-4-17(14-26)15-28/h5-10,16-17,28H,2-4,11-15H2,1H3,(H,24,25). The molecule has 154 valence electrons. The fraction of sp³-hybridized carbons (Fsp3) is 0.455. The number of aromatic amines is 1. The molecule has 1 atom stereocenters. The number of H-pyrrole nitrogens is 1. The van der Waals surface area contributed by atoms with Crippen molar-refractivity contribution in [2.45, 2.75) is 25.8 Å². The molecule has 1 saturated heterocycles. The van der Waals surface area contributed by atoms with Crippen LogP contribution in [0, 0.1) is 5.92 Å². The second-order valence-corrected chi connectivity index (χ2v) is 7.68. The maximum absolute atomic E-state index is 9.44. The highest BCUT2D eigenvalue weighted by molar-refractivity contribution is 5.76. The summed E-state index contributed by atoms with van der Waals surface area (Å²) in [5.74, 6) is 1.26. The quantitative estimate of drug-likeness (QED) is 0.613. The number of rotatable bonds is 8. The number of benzene rings is 1. The smallest absolute Gasteiger partial charge is 0.118 e. The summed E-state index contributed by atoms with van der Waals surface area (Å²) in [6.45, 7) is 4.36. The Morgan fingerprint density at radius 1 is 1.21 bits per heavy atom. The summed E-state index contributed by atoms with van der Waals surface area (Å²) in [6.07, 6.45) is 7.05. The number of hydrogen-bond acceptors (Lipinski definition) is 5. The van der Waals surface area contributed by atoms with Gasteiger partial charge in [0, 0.05) is 31.5 Å². The van der Waals surface area contributed by atoms with Gasteiger partial charge in [0.15, 0.2) is 0 Å². The molecule has 1 aliphatic rings. The molecule has 2 aromatic heterocycles. The van der Waals surface area contributed by atoms with Gasteiger partial charge in [-0.25, -0.2) is 4.98 Å². The van der Waals surface area contributed by atoms with E-state index < -0.39 is 0 Å². The molecule has 1 unspecified atom stereocenters. The highest BCUT2D eigenvalue weighted by Crippen LogP contribution is 2.31. The zero-order valence-electron chi connectivity index (χ0n) is 16.9. The van der Waals surface area contributed by atoms with Crippen molar-refractivity contribution in [2.75, 3.05) is 33.4 Å². The van der Waals surface area contributed by atoms with Crippen molar-refractivity contribution < 1.29 is 9.84 Å². The summed E-state index contributed by atoms with van der Waals surface area (Å²) in [5.41, 5.74) is 4.01. The average molecular weight is 396 g/mol. The molecular weight excluding hydrogens is 366 g/mol. The lowest BCUT2D eigenvalue weighted by Crippen LogP contribution is -2.37. The van der Waals surface area contributed by atoms with Crippen LogP contribution >= 0.6 is 0 Å². The number of likely N-dealkylation sites (tertiary alicyclic amines) is 1. The molecule has 0 saturated carbocycles. The van der Waals surface area contributed by atoms with Gasteiger partial charge in [0.05, 0.1) is 30.5 Å². The summed E-state index contributed by atoms with van der Waals surface area (Å²) in [5, 5.41) is 16.7. The molecule has 1 aromatic carbocycles. The van der Waals surface area contributed by atoms with E-state index in [0.29, 0.717) is 12.5 Å². The summed E-state index contributed by atoms with van der Waals surface area (Å²) in [4.78, 5) is 7.19. The van der Waals surface area contributed by atoms with Gasteiger partial charge in [-0.3, -0.25) is 5.10 Å². The monoisotopic (exact) mass is 395 g/mol. The fourth-order valence-corrected chi connectivity index (χ4v) is 4.15. The first kappa shape index (κ1) is 19.7. The third-order valence-electron chi connectivity index (χ3n) is 5.69. The van der Waals surface area contributed by atoms with Crippen LogP contribution in [-0.2, 0) is 6.54 Å². The molecule has 29 heavy (non-hydrogen) atoms. The minimum Gasteiger partial charge on any atom is -0.497 e. The third kappa shape index (κ3) is 4.52. The minimum absolute atomic E-state index is 0.299. The van der Waals surface area contributed by atoms with E-state index in [1.165, 1.54) is 6.42 Å². The summed E-state index contributed by atoms with van der Waals surface area (Å²) in [6, 6.07) is 9.97. The number of nitrogens with one attached hydrogen (secondary N) is 1. The van der Waals surface area contributed by atoms with Gasteiger partial charge in [0.1, 0.15) is 5.75 Å². The van der Waals surface area contributed by atoms with Crippen molar-refractivity contribution in [1.82, 2.24) is 24.6 Å². The minimum atomic E-state index is 0.299. The van der Waals surface area contributed by atoms with E-state index in [0.717, 1.165) is 67.4 Å². The lowest BCUT2D eigenvalue weighted by atomic mass is 9.99. The van der Waals surface area contributed by atoms with Gasteiger partial charge in [0.2, 0.25) is 0 Å². The SMILES string of the molecule is COc1ccc(-c2ncn(CCCN3CCCC(CO)C3)c2-c2ccn[nH]2)cc1. The lowest BCUT2D eigenvalue weighted by molar-refractivity contribution is 0.119. The topological polar surface area (TPSA) is 79.2 Å². The largest absolute Gasteiger partial charge is 0.497 e. The van der Waals surface area contributed by atoms with Crippen LogP contribution in [0.4, 0.5) is 0 Å². The number of nitrogens with zero attached hydrogens (tertiary/aromatic N) is 4. The van der Waals surface area contributed by atoms with Crippen LogP contribution < -0.4 is 4.74 Å². The van der Waals surface area contributed by atoms with E-state index in [4.69, 9.17) is 9.72 Å². The Morgan fingerprint density at radius 2 is 2.07 bits per heavy atom. The predicted octanol–water partition coefficient (Wildman–Crippen LogP) is 3.04. The number of piperidine rings is 1. The summed E-state index contributed by atoms with van der Waals surface area (Å²) >= 11 is 0. The third-order valence-corrected chi connectivity index (χ3v) is 5.69. The van der Waals surface area contributed by atoms with Crippen molar-refractivity contribution in [2.24, 2.45) is 5.92 Å². The molecule has 0 bridgehead atoms. The number of aryl methyl sites for hydroxylation is 1. The number of ether oxygens (including phenoxy) is 1. The van der Waals surface area contributed by atoms with Gasteiger partial charge in [-0.15, -0.1) is 0 Å². The number of hydrogen-bond donors (Lipinski definition) is 2. The highest BCUT2D eigenvalue weighted by atomic mass is 16.5. The molecule has 4 rings (SSSR count). The normalized spacial score (nSPS) is 17.5. The number of aromatic nitrogens is 4. The first-order valence-corrected chi connectivity index (χ1v) is 10.3. The van der Waals surface area contributed by atoms with Crippen LogP contribution in [0.25, 0.3) is 22.6 Å². The summed E-state index contributed by atoms with van der Waals surface area (Å²) in [7, 11) is 1.67. The van der Waals surface area contributed by atoms with Crippen LogP contribution in [0.3, 0.4) is 0 Å². The van der Waals surface area contributed by atoms with Gasteiger partial charge >= 0.3 is 0 Å². The summed E-state index contributed by atoms with van der Waals surface area (Å²) < 4.78 is 7.49. The molecule has 7 heteroatoms. The number of aliphatic hydroxyl groups excluding tert-OH is 1. The fourth-order valence-electron chi connectivity index (χ4n) is 4.15. The number of aliphatic hydroxyl groups is 1. The Bertz CT molecular complexity index is 889. The Balaban J connectivity index is 1.50. The molecule has 1 fully saturated rings. The van der Waals surface area contributed by atoms with E-state index in [1.54, 1.807) is 13.3 Å². The van der Waals surface area contributed by atoms with Gasteiger partial charge in [-0.05, 0) is 68.6 Å². The van der Waals surface area contributed by atoms with Crippen LogP contribution in [0.15, 0.2) is 42.9 Å². The second kappa shape index (κ2) is 9.24. The van der Waals surface area contributed by atoms with Crippen LogP contribution in [0.1, 0.15) is 19.3 Å². The van der Waals surface area contributed by atoms with E-state index in [-0.39, 0.29) is 0 Å². The van der Waals surface area contributed by atoms with E-state index >= 15 is 0 Å². The average Bonchev–Trinajstić information content (AvgIpc) is 3.44.